The van der Waals surface area contributed by atoms with Crippen molar-refractivity contribution >= 4 is 11.7 Å². The Morgan fingerprint density at radius 3 is 2.50 bits per heavy atom. The summed E-state index contributed by atoms with van der Waals surface area (Å²) in [7, 11) is 0. The van der Waals surface area contributed by atoms with Crippen molar-refractivity contribution in [2.24, 2.45) is 5.73 Å². The highest BCUT2D eigenvalue weighted by atomic mass is 16.2. The number of carbonyl (C=O) groups excluding carboxylic acids is 1. The summed E-state index contributed by atoms with van der Waals surface area (Å²) >= 11 is 0. The molecular formula is C9H12N2O. The van der Waals surface area contributed by atoms with Crippen LogP contribution in [-0.4, -0.2) is 6.03 Å². The molecule has 0 radical (unpaired) electrons. The third-order valence-corrected chi connectivity index (χ3v) is 1.77. The fraction of sp³-hybridized carbons (Fsp3) is 0.222. The molecule has 0 aromatic heterocycles. The van der Waals surface area contributed by atoms with E-state index in [1.165, 1.54) is 5.56 Å². The van der Waals surface area contributed by atoms with Gasteiger partial charge in [0, 0.05) is 5.69 Å². The van der Waals surface area contributed by atoms with Crippen molar-refractivity contribution in [2.45, 2.75) is 13.8 Å². The molecule has 3 heteroatoms. The van der Waals surface area contributed by atoms with Crippen molar-refractivity contribution in [1.29, 1.82) is 0 Å². The summed E-state index contributed by atoms with van der Waals surface area (Å²) in [6, 6.07) is 5.13. The van der Waals surface area contributed by atoms with Gasteiger partial charge in [-0.05, 0) is 37.1 Å². The quantitative estimate of drug-likeness (QED) is 0.653. The maximum atomic E-state index is 10.5. The number of primary amides is 1. The molecule has 0 fully saturated rings. The summed E-state index contributed by atoms with van der Waals surface area (Å²) < 4.78 is 0. The minimum Gasteiger partial charge on any atom is -0.351 e. The zero-order valence-corrected chi connectivity index (χ0v) is 7.22. The Labute approximate surface area is 71.6 Å². The molecule has 0 bridgehead atoms. The highest BCUT2D eigenvalue weighted by Crippen LogP contribution is 2.13. The number of carbonyl (C=O) groups is 1. The van der Waals surface area contributed by atoms with Gasteiger partial charge in [-0.1, -0.05) is 6.07 Å². The number of anilines is 1. The minimum atomic E-state index is -0.529. The SMILES string of the molecule is Cc1ccc(NC(N)=O)cc1C. The van der Waals surface area contributed by atoms with E-state index in [9.17, 15) is 4.79 Å². The topological polar surface area (TPSA) is 55.1 Å². The molecule has 0 spiro atoms. The fourth-order valence-corrected chi connectivity index (χ4v) is 0.961. The van der Waals surface area contributed by atoms with Crippen LogP contribution in [0.3, 0.4) is 0 Å². The van der Waals surface area contributed by atoms with Crippen LogP contribution in [0.5, 0.6) is 0 Å². The van der Waals surface area contributed by atoms with Crippen LogP contribution in [0.25, 0.3) is 0 Å². The highest BCUT2D eigenvalue weighted by Gasteiger charge is 1.97. The van der Waals surface area contributed by atoms with Crippen molar-refractivity contribution in [3.8, 4) is 0 Å². The molecule has 1 rings (SSSR count). The second kappa shape index (κ2) is 3.26. The van der Waals surface area contributed by atoms with Crippen molar-refractivity contribution in [2.75, 3.05) is 5.32 Å². The molecule has 2 amide bonds. The Bertz CT molecular complexity index is 307. The van der Waals surface area contributed by atoms with Crippen LogP contribution in [0.2, 0.25) is 0 Å². The molecule has 0 heterocycles. The van der Waals surface area contributed by atoms with Crippen LogP contribution in [0, 0.1) is 13.8 Å². The van der Waals surface area contributed by atoms with Gasteiger partial charge in [-0.15, -0.1) is 0 Å². The van der Waals surface area contributed by atoms with E-state index in [-0.39, 0.29) is 0 Å². The molecule has 12 heavy (non-hydrogen) atoms. The lowest BCUT2D eigenvalue weighted by atomic mass is 10.1. The first-order valence-electron chi connectivity index (χ1n) is 3.73. The van der Waals surface area contributed by atoms with Crippen LogP contribution in [-0.2, 0) is 0 Å². The fourth-order valence-electron chi connectivity index (χ4n) is 0.961. The van der Waals surface area contributed by atoms with Crippen molar-refractivity contribution in [1.82, 2.24) is 0 Å². The molecule has 0 aliphatic carbocycles. The summed E-state index contributed by atoms with van der Waals surface area (Å²) in [5, 5.41) is 2.51. The molecular weight excluding hydrogens is 152 g/mol. The first kappa shape index (κ1) is 8.59. The number of aryl methyl sites for hydroxylation is 2. The first-order valence-corrected chi connectivity index (χ1v) is 3.73. The van der Waals surface area contributed by atoms with E-state index in [0.29, 0.717) is 0 Å². The smallest absolute Gasteiger partial charge is 0.316 e. The number of hydrogen-bond acceptors (Lipinski definition) is 1. The zero-order chi connectivity index (χ0) is 9.14. The predicted molar refractivity (Wildman–Crippen MR) is 49.1 cm³/mol. The van der Waals surface area contributed by atoms with Crippen LogP contribution >= 0.6 is 0 Å². The first-order chi connectivity index (χ1) is 5.59. The second-order valence-corrected chi connectivity index (χ2v) is 2.79. The van der Waals surface area contributed by atoms with Crippen LogP contribution in [0.1, 0.15) is 11.1 Å². The standard InChI is InChI=1S/C9H12N2O/c1-6-3-4-8(5-7(6)2)11-9(10)12/h3-5H,1-2H3,(H3,10,11,12). The lowest BCUT2D eigenvalue weighted by molar-refractivity contribution is 0.259. The van der Waals surface area contributed by atoms with Gasteiger partial charge in [-0.3, -0.25) is 0 Å². The van der Waals surface area contributed by atoms with Gasteiger partial charge in [0.25, 0.3) is 0 Å². The largest absolute Gasteiger partial charge is 0.351 e. The minimum absolute atomic E-state index is 0.529. The molecule has 0 atom stereocenters. The van der Waals surface area contributed by atoms with Crippen LogP contribution in [0.4, 0.5) is 10.5 Å². The summed E-state index contributed by atoms with van der Waals surface area (Å²) in [6.45, 7) is 4.00. The number of rotatable bonds is 1. The highest BCUT2D eigenvalue weighted by molar-refractivity contribution is 5.87. The van der Waals surface area contributed by atoms with E-state index in [4.69, 9.17) is 5.73 Å². The summed E-state index contributed by atoms with van der Waals surface area (Å²) in [6.07, 6.45) is 0. The number of urea groups is 1. The summed E-state index contributed by atoms with van der Waals surface area (Å²) in [4.78, 5) is 10.5. The number of hydrogen-bond donors (Lipinski definition) is 2. The normalized spacial score (nSPS) is 9.50. The maximum Gasteiger partial charge on any atom is 0.316 e. The molecule has 3 nitrogen and oxygen atoms in total. The summed E-state index contributed by atoms with van der Waals surface area (Å²) in [5.74, 6) is 0. The van der Waals surface area contributed by atoms with E-state index in [1.54, 1.807) is 0 Å². The number of amides is 2. The van der Waals surface area contributed by atoms with Crippen molar-refractivity contribution in [3.63, 3.8) is 0 Å². The van der Waals surface area contributed by atoms with E-state index >= 15 is 0 Å². The van der Waals surface area contributed by atoms with Gasteiger partial charge in [-0.2, -0.15) is 0 Å². The molecule has 3 N–H and O–H groups in total. The van der Waals surface area contributed by atoms with Gasteiger partial charge in [0.05, 0.1) is 0 Å². The second-order valence-electron chi connectivity index (χ2n) is 2.79. The average Bonchev–Trinajstić information content (AvgIpc) is 1.96. The van der Waals surface area contributed by atoms with Gasteiger partial charge in [0.1, 0.15) is 0 Å². The monoisotopic (exact) mass is 164 g/mol. The molecule has 1 aromatic carbocycles. The molecule has 0 unspecified atom stereocenters. The molecule has 0 aliphatic heterocycles. The molecule has 0 aliphatic rings. The van der Waals surface area contributed by atoms with Gasteiger partial charge in [0.2, 0.25) is 0 Å². The van der Waals surface area contributed by atoms with Crippen LogP contribution in [0.15, 0.2) is 18.2 Å². The van der Waals surface area contributed by atoms with Gasteiger partial charge < -0.3 is 11.1 Å². The van der Waals surface area contributed by atoms with Crippen molar-refractivity contribution in [3.05, 3.63) is 29.3 Å². The van der Waals surface area contributed by atoms with E-state index in [0.717, 1.165) is 11.3 Å². The Morgan fingerprint density at radius 1 is 1.33 bits per heavy atom. The lowest BCUT2D eigenvalue weighted by Gasteiger charge is -2.04. The molecule has 0 saturated heterocycles. The van der Waals surface area contributed by atoms with E-state index in [1.807, 2.05) is 32.0 Å². The molecule has 0 saturated carbocycles. The average molecular weight is 164 g/mol. The predicted octanol–water partition coefficient (Wildman–Crippen LogP) is 1.79. The third-order valence-electron chi connectivity index (χ3n) is 1.77. The van der Waals surface area contributed by atoms with Gasteiger partial charge >= 0.3 is 6.03 Å². The lowest BCUT2D eigenvalue weighted by Crippen LogP contribution is -2.19. The molecule has 1 aromatic rings. The maximum absolute atomic E-state index is 10.5. The zero-order valence-electron chi connectivity index (χ0n) is 7.22. The Kier molecular flexibility index (Phi) is 2.33. The Hall–Kier alpha value is -1.51. The van der Waals surface area contributed by atoms with Gasteiger partial charge in [0.15, 0.2) is 0 Å². The number of benzene rings is 1. The molecule has 64 valence electrons. The van der Waals surface area contributed by atoms with E-state index in [2.05, 4.69) is 5.32 Å². The summed E-state index contributed by atoms with van der Waals surface area (Å²) in [5.41, 5.74) is 8.04. The Balaban J connectivity index is 2.89. The Morgan fingerprint density at radius 2 is 2.00 bits per heavy atom. The van der Waals surface area contributed by atoms with Gasteiger partial charge in [-0.25, -0.2) is 4.79 Å². The number of nitrogens with two attached hydrogens (primary N) is 1. The van der Waals surface area contributed by atoms with E-state index < -0.39 is 6.03 Å². The third kappa shape index (κ3) is 1.99. The number of nitrogens with one attached hydrogen (secondary N) is 1. The van der Waals surface area contributed by atoms with Crippen molar-refractivity contribution < 1.29 is 4.79 Å². The van der Waals surface area contributed by atoms with Crippen LogP contribution < -0.4 is 11.1 Å².